The van der Waals surface area contributed by atoms with Crippen molar-refractivity contribution in [2.75, 3.05) is 0 Å². The Hall–Kier alpha value is -4.24. The number of hydrogen-bond donors (Lipinski definition) is 0. The van der Waals surface area contributed by atoms with E-state index in [0.29, 0.717) is 0 Å². The van der Waals surface area contributed by atoms with Crippen LogP contribution in [0.2, 0.25) is 0 Å². The third-order valence-corrected chi connectivity index (χ3v) is 13.9. The Balaban J connectivity index is 1.70. The number of hydrogen-bond acceptors (Lipinski definition) is 3. The number of aromatic nitrogens is 3. The average molecular weight is 697 g/mol. The van der Waals surface area contributed by atoms with Crippen molar-refractivity contribution in [3.05, 3.63) is 144 Å². The number of nitrogens with zero attached hydrogens (tertiary/aromatic N) is 3. The molecule has 3 aromatic carbocycles. The minimum absolute atomic E-state index is 1.04. The van der Waals surface area contributed by atoms with Crippen LogP contribution in [-0.2, 0) is 16.5 Å². The van der Waals surface area contributed by atoms with Gasteiger partial charge in [0, 0.05) is 0 Å². The van der Waals surface area contributed by atoms with Gasteiger partial charge in [0.15, 0.2) is 0 Å². The van der Waals surface area contributed by atoms with Crippen molar-refractivity contribution in [2.24, 2.45) is 0 Å². The molecule has 3 heterocycles. The second-order valence-corrected chi connectivity index (χ2v) is 15.3. The first-order valence-corrected chi connectivity index (χ1v) is 16.9. The average Bonchev–Trinajstić information content (AvgIpc) is 2.99. The van der Waals surface area contributed by atoms with E-state index in [9.17, 15) is 0 Å². The summed E-state index contributed by atoms with van der Waals surface area (Å²) in [5.41, 5.74) is 10.3. The summed E-state index contributed by atoms with van der Waals surface area (Å²) in [5, 5.41) is 0. The molecule has 0 bridgehead atoms. The SMILES string of the molecule is Cc1cccnc1-c1cccc[c]1[Ir-2]([c]1ccccc1-c1ncccc1C)[c]1ccccc1-c1ncccc1C. The number of pyridine rings is 3. The minimum atomic E-state index is -2.52. The Morgan fingerprint density at radius 2 is 0.675 bits per heavy atom. The quantitative estimate of drug-likeness (QED) is 0.195. The second kappa shape index (κ2) is 11.5. The summed E-state index contributed by atoms with van der Waals surface area (Å²) in [6, 6.07) is 39.1. The fraction of sp³-hybridized carbons (Fsp3) is 0.0833. The van der Waals surface area contributed by atoms with Crippen molar-refractivity contribution in [3.8, 4) is 33.8 Å². The van der Waals surface area contributed by atoms with Gasteiger partial charge in [-0.05, 0) is 0 Å². The molecule has 0 aliphatic rings. The molecule has 0 radical (unpaired) electrons. The molecule has 40 heavy (non-hydrogen) atoms. The van der Waals surface area contributed by atoms with Crippen molar-refractivity contribution >= 4 is 12.2 Å². The fourth-order valence-electron chi connectivity index (χ4n) is 4.95. The topological polar surface area (TPSA) is 38.7 Å². The summed E-state index contributed by atoms with van der Waals surface area (Å²) in [6.45, 7) is 6.44. The van der Waals surface area contributed by atoms with E-state index in [2.05, 4.69) is 112 Å². The van der Waals surface area contributed by atoms with Gasteiger partial charge in [0.2, 0.25) is 0 Å². The van der Waals surface area contributed by atoms with Gasteiger partial charge in [0.1, 0.15) is 0 Å². The number of rotatable bonds is 6. The van der Waals surface area contributed by atoms with Gasteiger partial charge in [0.05, 0.1) is 0 Å². The van der Waals surface area contributed by atoms with Crippen LogP contribution in [0.15, 0.2) is 128 Å². The molecule has 0 unspecified atom stereocenters. The summed E-state index contributed by atoms with van der Waals surface area (Å²) in [4.78, 5) is 14.6. The van der Waals surface area contributed by atoms with Crippen LogP contribution in [0.1, 0.15) is 16.7 Å². The molecule has 0 N–H and O–H groups in total. The zero-order valence-corrected chi connectivity index (χ0v) is 25.2. The molecule has 3 aromatic heterocycles. The van der Waals surface area contributed by atoms with Crippen LogP contribution >= 0.6 is 0 Å². The fourth-order valence-corrected chi connectivity index (χ4v) is 12.3. The summed E-state index contributed by atoms with van der Waals surface area (Å²) in [7, 11) is 0. The van der Waals surface area contributed by atoms with Crippen molar-refractivity contribution in [2.45, 2.75) is 20.8 Å². The van der Waals surface area contributed by atoms with Gasteiger partial charge < -0.3 is 0 Å². The van der Waals surface area contributed by atoms with Crippen LogP contribution in [0.4, 0.5) is 0 Å². The van der Waals surface area contributed by atoms with E-state index >= 15 is 0 Å². The van der Waals surface area contributed by atoms with Crippen LogP contribution in [0.5, 0.6) is 0 Å². The molecule has 0 spiro atoms. The number of benzene rings is 3. The van der Waals surface area contributed by atoms with E-state index < -0.39 is 16.5 Å². The molecule has 6 rings (SSSR count). The van der Waals surface area contributed by atoms with Gasteiger partial charge in [-0.25, -0.2) is 0 Å². The molecule has 3 nitrogen and oxygen atoms in total. The zero-order valence-electron chi connectivity index (χ0n) is 22.8. The molecule has 0 aliphatic heterocycles. The van der Waals surface area contributed by atoms with E-state index in [-0.39, 0.29) is 0 Å². The zero-order chi connectivity index (χ0) is 27.5. The van der Waals surface area contributed by atoms with Crippen molar-refractivity contribution in [1.29, 1.82) is 0 Å². The van der Waals surface area contributed by atoms with Crippen molar-refractivity contribution in [1.82, 2.24) is 15.0 Å². The summed E-state index contributed by atoms with van der Waals surface area (Å²) >= 11 is -2.52. The first-order valence-electron chi connectivity index (χ1n) is 13.3. The maximum absolute atomic E-state index is 4.87. The Kier molecular flexibility index (Phi) is 7.46. The van der Waals surface area contributed by atoms with E-state index in [0.717, 1.165) is 17.1 Å². The molecule has 0 fully saturated rings. The van der Waals surface area contributed by atoms with Gasteiger partial charge in [-0.1, -0.05) is 0 Å². The van der Waals surface area contributed by atoms with Gasteiger partial charge >= 0.3 is 243 Å². The first-order chi connectivity index (χ1) is 19.6. The maximum atomic E-state index is 4.87. The van der Waals surface area contributed by atoms with Gasteiger partial charge in [0.25, 0.3) is 0 Å². The van der Waals surface area contributed by atoms with Gasteiger partial charge in [-0.3, -0.25) is 0 Å². The van der Waals surface area contributed by atoms with Crippen LogP contribution in [0, 0.1) is 20.8 Å². The molecule has 0 amide bonds. The first kappa shape index (κ1) is 26.0. The summed E-state index contributed by atoms with van der Waals surface area (Å²) < 4.78 is 4.10. The summed E-state index contributed by atoms with van der Waals surface area (Å²) in [6.07, 6.45) is 5.69. The van der Waals surface area contributed by atoms with Crippen LogP contribution in [-0.4, -0.2) is 15.0 Å². The predicted octanol–water partition coefficient (Wildman–Crippen LogP) is 6.69. The third kappa shape index (κ3) is 4.93. The van der Waals surface area contributed by atoms with E-state index in [1.807, 2.05) is 36.8 Å². The molecule has 0 atom stereocenters. The Morgan fingerprint density at radius 1 is 0.375 bits per heavy atom. The molecule has 6 aromatic rings. The Morgan fingerprint density at radius 3 is 0.975 bits per heavy atom. The summed E-state index contributed by atoms with van der Waals surface area (Å²) in [5.74, 6) is 0. The molecule has 0 saturated carbocycles. The van der Waals surface area contributed by atoms with Crippen LogP contribution < -0.4 is 12.2 Å². The standard InChI is InChI=1S/3C12H10N.Ir/c3*1-10-6-5-9-13-12(10)11-7-3-2-4-8-11;/h3*2-7,9H,1H3;/q;;;-2. The van der Waals surface area contributed by atoms with Crippen molar-refractivity contribution in [3.63, 3.8) is 0 Å². The van der Waals surface area contributed by atoms with Crippen LogP contribution in [0.25, 0.3) is 33.8 Å². The monoisotopic (exact) mass is 697 g/mol. The number of aryl methyl sites for hydroxylation is 3. The molecular weight excluding hydrogens is 667 g/mol. The molecule has 0 aliphatic carbocycles. The van der Waals surface area contributed by atoms with Gasteiger partial charge in [-0.2, -0.15) is 0 Å². The Labute approximate surface area is 241 Å². The second-order valence-electron chi connectivity index (χ2n) is 9.62. The van der Waals surface area contributed by atoms with Crippen molar-refractivity contribution < 1.29 is 16.5 Å². The molecule has 4 heteroatoms. The predicted molar refractivity (Wildman–Crippen MR) is 162 cm³/mol. The molecular formula is C36H30IrN3-2. The molecule has 200 valence electrons. The van der Waals surface area contributed by atoms with Crippen LogP contribution in [0.3, 0.4) is 0 Å². The third-order valence-electron chi connectivity index (χ3n) is 6.90. The van der Waals surface area contributed by atoms with E-state index in [1.165, 1.54) is 45.6 Å². The normalized spacial score (nSPS) is 11.3. The Bertz CT molecular complexity index is 1600. The molecule has 0 saturated heterocycles. The van der Waals surface area contributed by atoms with Gasteiger partial charge in [-0.15, -0.1) is 0 Å². The van der Waals surface area contributed by atoms with E-state index in [1.54, 1.807) is 0 Å². The van der Waals surface area contributed by atoms with E-state index in [4.69, 9.17) is 15.0 Å².